The van der Waals surface area contributed by atoms with Crippen LogP contribution in [0.3, 0.4) is 0 Å². The van der Waals surface area contributed by atoms with Gasteiger partial charge < -0.3 is 15.2 Å². The van der Waals surface area contributed by atoms with Gasteiger partial charge in [-0.15, -0.1) is 0 Å². The Morgan fingerprint density at radius 2 is 2.17 bits per heavy atom. The third-order valence-corrected chi connectivity index (χ3v) is 2.90. The summed E-state index contributed by atoms with van der Waals surface area (Å²) < 4.78 is 4.71. The lowest BCUT2D eigenvalue weighted by molar-refractivity contribution is -0.150. The number of phenols is 1. The van der Waals surface area contributed by atoms with Crippen molar-refractivity contribution < 1.29 is 14.6 Å². The number of halogens is 1. The van der Waals surface area contributed by atoms with Gasteiger partial charge >= 0.3 is 5.97 Å². The molecule has 0 aromatic heterocycles. The molecule has 0 atom stereocenters. The lowest BCUT2D eigenvalue weighted by Crippen LogP contribution is -2.36. The van der Waals surface area contributed by atoms with Crippen LogP contribution in [0.25, 0.3) is 0 Å². The largest absolute Gasteiger partial charge is 0.508 e. The molecule has 2 N–H and O–H groups in total. The first-order valence-electron chi connectivity index (χ1n) is 5.63. The monoisotopic (exact) mass is 271 g/mol. The van der Waals surface area contributed by atoms with Crippen LogP contribution in [0.15, 0.2) is 18.2 Å². The Labute approximate surface area is 112 Å². The molecule has 0 aliphatic rings. The van der Waals surface area contributed by atoms with E-state index in [1.165, 1.54) is 7.11 Å². The van der Waals surface area contributed by atoms with Gasteiger partial charge in [0.15, 0.2) is 0 Å². The molecule has 0 saturated carbocycles. The van der Waals surface area contributed by atoms with E-state index in [9.17, 15) is 9.90 Å². The van der Waals surface area contributed by atoms with Crippen molar-refractivity contribution >= 4 is 17.6 Å². The minimum absolute atomic E-state index is 0.183. The van der Waals surface area contributed by atoms with Crippen LogP contribution in [0.1, 0.15) is 19.4 Å². The maximum atomic E-state index is 11.5. The standard InChI is InChI=1S/C13H18ClNO3/c1-13(2,12(17)18-3)8-15-7-9-6-10(14)4-5-11(9)16/h4-6,15-16H,7-8H2,1-3H3. The fourth-order valence-electron chi connectivity index (χ4n) is 1.55. The summed E-state index contributed by atoms with van der Waals surface area (Å²) in [6.07, 6.45) is 0. The van der Waals surface area contributed by atoms with Crippen LogP contribution < -0.4 is 5.32 Å². The Bertz CT molecular complexity index is 432. The SMILES string of the molecule is COC(=O)C(C)(C)CNCc1cc(Cl)ccc1O. The van der Waals surface area contributed by atoms with E-state index in [1.54, 1.807) is 32.0 Å². The number of phenolic OH excluding ortho intramolecular Hbond substituents is 1. The predicted molar refractivity (Wildman–Crippen MR) is 70.6 cm³/mol. The van der Waals surface area contributed by atoms with E-state index < -0.39 is 5.41 Å². The second kappa shape index (κ2) is 6.07. The number of nitrogens with one attached hydrogen (secondary N) is 1. The van der Waals surface area contributed by atoms with Crippen LogP contribution in [0.5, 0.6) is 5.75 Å². The van der Waals surface area contributed by atoms with Gasteiger partial charge in [0.2, 0.25) is 0 Å². The Kier molecular flexibility index (Phi) is 4.99. The fourth-order valence-corrected chi connectivity index (χ4v) is 1.75. The average molecular weight is 272 g/mol. The molecule has 0 amide bonds. The van der Waals surface area contributed by atoms with Crippen LogP contribution in [0, 0.1) is 5.41 Å². The van der Waals surface area contributed by atoms with Crippen molar-refractivity contribution in [3.63, 3.8) is 0 Å². The first kappa shape index (κ1) is 14.8. The van der Waals surface area contributed by atoms with E-state index in [0.717, 1.165) is 0 Å². The minimum Gasteiger partial charge on any atom is -0.508 e. The van der Waals surface area contributed by atoms with Crippen LogP contribution in [0.4, 0.5) is 0 Å². The van der Waals surface area contributed by atoms with Crippen LogP contribution in [-0.4, -0.2) is 24.7 Å². The number of carbonyl (C=O) groups is 1. The highest BCUT2D eigenvalue weighted by Gasteiger charge is 2.28. The van der Waals surface area contributed by atoms with Gasteiger partial charge in [-0.05, 0) is 32.0 Å². The molecule has 100 valence electrons. The lowest BCUT2D eigenvalue weighted by Gasteiger charge is -2.22. The maximum Gasteiger partial charge on any atom is 0.312 e. The van der Waals surface area contributed by atoms with Gasteiger partial charge in [-0.2, -0.15) is 0 Å². The van der Waals surface area contributed by atoms with Gasteiger partial charge in [-0.25, -0.2) is 0 Å². The number of carbonyl (C=O) groups excluding carboxylic acids is 1. The van der Waals surface area contributed by atoms with Crippen LogP contribution in [0.2, 0.25) is 5.02 Å². The number of hydrogen-bond donors (Lipinski definition) is 2. The summed E-state index contributed by atoms with van der Waals surface area (Å²) in [5, 5.41) is 13.3. The first-order chi connectivity index (χ1) is 8.36. The molecular formula is C13H18ClNO3. The molecular weight excluding hydrogens is 254 g/mol. The molecule has 1 rings (SSSR count). The van der Waals surface area contributed by atoms with Gasteiger partial charge in [0.05, 0.1) is 12.5 Å². The zero-order valence-corrected chi connectivity index (χ0v) is 11.5. The van der Waals surface area contributed by atoms with Crippen molar-refractivity contribution in [2.45, 2.75) is 20.4 Å². The van der Waals surface area contributed by atoms with E-state index in [4.69, 9.17) is 16.3 Å². The molecule has 0 aliphatic carbocycles. The summed E-state index contributed by atoms with van der Waals surface area (Å²) in [6.45, 7) is 4.48. The molecule has 0 heterocycles. The molecule has 4 nitrogen and oxygen atoms in total. The van der Waals surface area contributed by atoms with E-state index in [0.29, 0.717) is 23.7 Å². The number of ether oxygens (including phenoxy) is 1. The molecule has 0 bridgehead atoms. The average Bonchev–Trinajstić information content (AvgIpc) is 2.32. The zero-order chi connectivity index (χ0) is 13.8. The maximum absolute atomic E-state index is 11.5. The third kappa shape index (κ3) is 3.89. The number of benzene rings is 1. The molecule has 5 heteroatoms. The van der Waals surface area contributed by atoms with Crippen molar-refractivity contribution in [3.8, 4) is 5.75 Å². The summed E-state index contributed by atoms with van der Waals surface area (Å²) in [6, 6.07) is 4.86. The van der Waals surface area contributed by atoms with Crippen LogP contribution in [-0.2, 0) is 16.1 Å². The highest BCUT2D eigenvalue weighted by Crippen LogP contribution is 2.22. The second-order valence-corrected chi connectivity index (χ2v) is 5.19. The zero-order valence-electron chi connectivity index (χ0n) is 10.8. The van der Waals surface area contributed by atoms with Gasteiger partial charge in [0.25, 0.3) is 0 Å². The van der Waals surface area contributed by atoms with E-state index in [-0.39, 0.29) is 11.7 Å². The van der Waals surface area contributed by atoms with E-state index >= 15 is 0 Å². The van der Waals surface area contributed by atoms with Crippen molar-refractivity contribution in [3.05, 3.63) is 28.8 Å². The van der Waals surface area contributed by atoms with E-state index in [2.05, 4.69) is 5.32 Å². The van der Waals surface area contributed by atoms with E-state index in [1.807, 2.05) is 0 Å². The van der Waals surface area contributed by atoms with Crippen molar-refractivity contribution in [1.29, 1.82) is 0 Å². The normalized spacial score (nSPS) is 11.3. The molecule has 0 unspecified atom stereocenters. The molecule has 0 aliphatic heterocycles. The Balaban J connectivity index is 2.56. The predicted octanol–water partition coefficient (Wildman–Crippen LogP) is 2.33. The van der Waals surface area contributed by atoms with Crippen molar-refractivity contribution in [2.24, 2.45) is 5.41 Å². The molecule has 1 aromatic carbocycles. The smallest absolute Gasteiger partial charge is 0.312 e. The Hall–Kier alpha value is -1.26. The van der Waals surface area contributed by atoms with Gasteiger partial charge in [-0.3, -0.25) is 4.79 Å². The molecule has 0 fully saturated rings. The fraction of sp³-hybridized carbons (Fsp3) is 0.462. The summed E-state index contributed by atoms with van der Waals surface area (Å²) in [7, 11) is 1.37. The Morgan fingerprint density at radius 3 is 2.78 bits per heavy atom. The number of rotatable bonds is 5. The minimum atomic E-state index is -0.608. The molecule has 0 spiro atoms. The quantitative estimate of drug-likeness (QED) is 0.807. The number of methoxy groups -OCH3 is 1. The summed E-state index contributed by atoms with van der Waals surface area (Å²) in [5.74, 6) is -0.0897. The summed E-state index contributed by atoms with van der Waals surface area (Å²) in [5.41, 5.74) is 0.0892. The van der Waals surface area contributed by atoms with Crippen molar-refractivity contribution in [2.75, 3.05) is 13.7 Å². The number of hydrogen-bond acceptors (Lipinski definition) is 4. The third-order valence-electron chi connectivity index (χ3n) is 2.66. The molecule has 1 aromatic rings. The summed E-state index contributed by atoms with van der Waals surface area (Å²) >= 11 is 5.85. The van der Waals surface area contributed by atoms with Gasteiger partial charge in [0.1, 0.15) is 5.75 Å². The molecule has 0 radical (unpaired) electrons. The van der Waals surface area contributed by atoms with Gasteiger partial charge in [-0.1, -0.05) is 11.6 Å². The summed E-state index contributed by atoms with van der Waals surface area (Å²) in [4.78, 5) is 11.5. The highest BCUT2D eigenvalue weighted by molar-refractivity contribution is 6.30. The lowest BCUT2D eigenvalue weighted by atomic mass is 9.93. The topological polar surface area (TPSA) is 58.6 Å². The van der Waals surface area contributed by atoms with Crippen LogP contribution >= 0.6 is 11.6 Å². The second-order valence-electron chi connectivity index (χ2n) is 4.75. The molecule has 0 saturated heterocycles. The highest BCUT2D eigenvalue weighted by atomic mass is 35.5. The molecule has 18 heavy (non-hydrogen) atoms. The van der Waals surface area contributed by atoms with Crippen molar-refractivity contribution in [1.82, 2.24) is 5.32 Å². The van der Waals surface area contributed by atoms with Gasteiger partial charge in [0, 0.05) is 23.7 Å². The first-order valence-corrected chi connectivity index (χ1v) is 6.01. The number of aromatic hydroxyl groups is 1. The Morgan fingerprint density at radius 1 is 1.50 bits per heavy atom. The number of esters is 1.